The summed E-state index contributed by atoms with van der Waals surface area (Å²) in [5, 5.41) is 6.82. The van der Waals surface area contributed by atoms with E-state index in [4.69, 9.17) is 4.74 Å². The molecule has 1 aromatic carbocycles. The Morgan fingerprint density at radius 1 is 1.48 bits per heavy atom. The lowest BCUT2D eigenvalue weighted by atomic mass is 10.1. The lowest BCUT2D eigenvalue weighted by Crippen LogP contribution is -2.37. The Morgan fingerprint density at radius 3 is 3.00 bits per heavy atom. The number of benzene rings is 1. The van der Waals surface area contributed by atoms with Gasteiger partial charge >= 0.3 is 0 Å². The van der Waals surface area contributed by atoms with Crippen molar-refractivity contribution in [2.45, 2.75) is 32.4 Å². The molecule has 122 valence electrons. The lowest BCUT2D eigenvalue weighted by Gasteiger charge is -2.25. The number of hydrogen-bond acceptors (Lipinski definition) is 3. The summed E-state index contributed by atoms with van der Waals surface area (Å²) < 4.78 is 19.0. The molecule has 0 bridgehead atoms. The van der Waals surface area contributed by atoms with E-state index in [1.807, 2.05) is 13.0 Å². The van der Waals surface area contributed by atoms with Crippen LogP contribution in [-0.2, 0) is 11.3 Å². The molecule has 1 N–H and O–H groups in total. The van der Waals surface area contributed by atoms with Crippen LogP contribution >= 0.6 is 0 Å². The van der Waals surface area contributed by atoms with Crippen LogP contribution in [0.3, 0.4) is 0 Å². The summed E-state index contributed by atoms with van der Waals surface area (Å²) in [5.74, 6) is -0.475. The Kier molecular flexibility index (Phi) is 4.71. The smallest absolute Gasteiger partial charge is 0.274 e. The molecule has 0 spiro atoms. The van der Waals surface area contributed by atoms with Gasteiger partial charge in [0, 0.05) is 25.4 Å². The highest BCUT2D eigenvalue weighted by molar-refractivity contribution is 5.92. The Hall–Kier alpha value is -2.21. The zero-order chi connectivity index (χ0) is 16.2. The summed E-state index contributed by atoms with van der Waals surface area (Å²) in [6, 6.07) is 8.03. The number of aryl methyl sites for hydroxylation is 1. The predicted octanol–water partition coefficient (Wildman–Crippen LogP) is 2.68. The molecule has 2 aromatic rings. The third-order valence-electron chi connectivity index (χ3n) is 3.92. The molecule has 1 atom stereocenters. The van der Waals surface area contributed by atoms with E-state index >= 15 is 0 Å². The molecule has 6 heteroatoms. The number of nitrogens with one attached hydrogen (secondary N) is 1. The van der Waals surface area contributed by atoms with E-state index in [9.17, 15) is 9.18 Å². The third-order valence-corrected chi connectivity index (χ3v) is 3.92. The van der Waals surface area contributed by atoms with E-state index in [0.717, 1.165) is 30.7 Å². The molecule has 1 aliphatic heterocycles. The van der Waals surface area contributed by atoms with E-state index in [-0.39, 0.29) is 17.8 Å². The average Bonchev–Trinajstić information content (AvgIpc) is 3.17. The number of H-pyrrole nitrogens is 1. The molecule has 1 aliphatic rings. The first kappa shape index (κ1) is 15.7. The molecule has 3 rings (SSSR count). The second-order valence-corrected chi connectivity index (χ2v) is 5.89. The van der Waals surface area contributed by atoms with Gasteiger partial charge in [-0.05, 0) is 43.5 Å². The molecule has 2 heterocycles. The van der Waals surface area contributed by atoms with Crippen molar-refractivity contribution in [2.75, 3.05) is 13.2 Å². The molecule has 1 saturated heterocycles. The van der Waals surface area contributed by atoms with Gasteiger partial charge in [-0.2, -0.15) is 5.10 Å². The molecule has 0 aliphatic carbocycles. The molecule has 0 radical (unpaired) electrons. The van der Waals surface area contributed by atoms with Crippen LogP contribution in [-0.4, -0.2) is 40.3 Å². The van der Waals surface area contributed by atoms with E-state index < -0.39 is 0 Å². The van der Waals surface area contributed by atoms with Crippen molar-refractivity contribution >= 4 is 5.91 Å². The molecular formula is C17H20FN3O2. The minimum atomic E-state index is -0.303. The summed E-state index contributed by atoms with van der Waals surface area (Å²) in [6.07, 6.45) is 1.98. The standard InChI is InChI=1S/C17H20FN3O2/c1-12-8-16(20-19-12)17(22)21(11-15-6-3-7-23-15)10-13-4-2-5-14(18)9-13/h2,4-5,8-9,15H,3,6-7,10-11H2,1H3,(H,19,20)/t15-/m0/s1. The Balaban J connectivity index is 1.78. The number of ether oxygens (including phenoxy) is 1. The van der Waals surface area contributed by atoms with Crippen LogP contribution in [0.15, 0.2) is 30.3 Å². The first-order chi connectivity index (χ1) is 11.1. The maximum atomic E-state index is 13.4. The fraction of sp³-hybridized carbons (Fsp3) is 0.412. The number of halogens is 1. The maximum absolute atomic E-state index is 13.4. The minimum absolute atomic E-state index is 0.0348. The third kappa shape index (κ3) is 3.96. The number of carbonyl (C=O) groups is 1. The number of rotatable bonds is 5. The van der Waals surface area contributed by atoms with Crippen molar-refractivity contribution in [2.24, 2.45) is 0 Å². The van der Waals surface area contributed by atoms with Gasteiger partial charge < -0.3 is 9.64 Å². The van der Waals surface area contributed by atoms with Gasteiger partial charge in [-0.1, -0.05) is 12.1 Å². The first-order valence-corrected chi connectivity index (χ1v) is 7.79. The zero-order valence-corrected chi connectivity index (χ0v) is 13.1. The van der Waals surface area contributed by atoms with E-state index in [1.165, 1.54) is 12.1 Å². The number of hydrogen-bond donors (Lipinski definition) is 1. The van der Waals surface area contributed by atoms with Crippen molar-refractivity contribution in [1.82, 2.24) is 15.1 Å². The Morgan fingerprint density at radius 2 is 2.35 bits per heavy atom. The normalized spacial score (nSPS) is 17.4. The van der Waals surface area contributed by atoms with Gasteiger partial charge in [0.15, 0.2) is 0 Å². The summed E-state index contributed by atoms with van der Waals surface area (Å²) in [7, 11) is 0. The van der Waals surface area contributed by atoms with Crippen LogP contribution < -0.4 is 0 Å². The number of aromatic nitrogens is 2. The summed E-state index contributed by atoms with van der Waals surface area (Å²) in [5.41, 5.74) is 1.96. The number of amides is 1. The molecule has 0 saturated carbocycles. The molecule has 23 heavy (non-hydrogen) atoms. The van der Waals surface area contributed by atoms with Crippen molar-refractivity contribution < 1.29 is 13.9 Å². The van der Waals surface area contributed by atoms with Crippen LogP contribution in [0.25, 0.3) is 0 Å². The van der Waals surface area contributed by atoms with E-state index in [1.54, 1.807) is 17.0 Å². The SMILES string of the molecule is Cc1cc(C(=O)N(Cc2cccc(F)c2)C[C@@H]2CCCO2)n[nH]1. The fourth-order valence-corrected chi connectivity index (χ4v) is 2.80. The zero-order valence-electron chi connectivity index (χ0n) is 13.1. The van der Waals surface area contributed by atoms with E-state index in [0.29, 0.717) is 18.8 Å². The highest BCUT2D eigenvalue weighted by Crippen LogP contribution is 2.17. The second-order valence-electron chi connectivity index (χ2n) is 5.89. The number of nitrogens with zero attached hydrogens (tertiary/aromatic N) is 2. The highest BCUT2D eigenvalue weighted by atomic mass is 19.1. The maximum Gasteiger partial charge on any atom is 0.274 e. The Labute approximate surface area is 134 Å². The topological polar surface area (TPSA) is 58.2 Å². The van der Waals surface area contributed by atoms with Gasteiger partial charge in [-0.25, -0.2) is 4.39 Å². The van der Waals surface area contributed by atoms with Crippen molar-refractivity contribution in [3.63, 3.8) is 0 Å². The molecule has 5 nitrogen and oxygen atoms in total. The molecule has 1 amide bonds. The average molecular weight is 317 g/mol. The van der Waals surface area contributed by atoms with Gasteiger partial charge in [0.05, 0.1) is 6.10 Å². The van der Waals surface area contributed by atoms with Crippen LogP contribution in [0.4, 0.5) is 4.39 Å². The summed E-state index contributed by atoms with van der Waals surface area (Å²) in [4.78, 5) is 14.4. The number of carbonyl (C=O) groups excluding carboxylic acids is 1. The largest absolute Gasteiger partial charge is 0.376 e. The van der Waals surface area contributed by atoms with Gasteiger partial charge in [0.25, 0.3) is 5.91 Å². The van der Waals surface area contributed by atoms with Gasteiger partial charge in [-0.15, -0.1) is 0 Å². The summed E-state index contributed by atoms with van der Waals surface area (Å²) in [6.45, 7) is 3.40. The lowest BCUT2D eigenvalue weighted by molar-refractivity contribution is 0.0502. The first-order valence-electron chi connectivity index (χ1n) is 7.79. The van der Waals surface area contributed by atoms with Crippen molar-refractivity contribution in [1.29, 1.82) is 0 Å². The fourth-order valence-electron chi connectivity index (χ4n) is 2.80. The monoisotopic (exact) mass is 317 g/mol. The van der Waals surface area contributed by atoms with Crippen LogP contribution in [0.5, 0.6) is 0 Å². The van der Waals surface area contributed by atoms with Crippen molar-refractivity contribution in [3.05, 3.63) is 53.1 Å². The number of aromatic amines is 1. The highest BCUT2D eigenvalue weighted by Gasteiger charge is 2.25. The molecule has 1 aromatic heterocycles. The minimum Gasteiger partial charge on any atom is -0.376 e. The molecule has 0 unspecified atom stereocenters. The molecule has 1 fully saturated rings. The van der Waals surface area contributed by atoms with Crippen molar-refractivity contribution in [3.8, 4) is 0 Å². The molecular weight excluding hydrogens is 297 g/mol. The van der Waals surface area contributed by atoms with Gasteiger partial charge in [0.1, 0.15) is 11.5 Å². The van der Waals surface area contributed by atoms with Gasteiger partial charge in [-0.3, -0.25) is 9.89 Å². The second kappa shape index (κ2) is 6.91. The van der Waals surface area contributed by atoms with Crippen LogP contribution in [0.2, 0.25) is 0 Å². The predicted molar refractivity (Wildman–Crippen MR) is 83.4 cm³/mol. The van der Waals surface area contributed by atoms with Crippen LogP contribution in [0, 0.1) is 12.7 Å². The van der Waals surface area contributed by atoms with Gasteiger partial charge in [0.2, 0.25) is 0 Å². The van der Waals surface area contributed by atoms with Crippen LogP contribution in [0.1, 0.15) is 34.6 Å². The Bertz CT molecular complexity index is 680. The quantitative estimate of drug-likeness (QED) is 0.922. The summed E-state index contributed by atoms with van der Waals surface area (Å²) >= 11 is 0. The van der Waals surface area contributed by atoms with E-state index in [2.05, 4.69) is 10.2 Å².